The van der Waals surface area contributed by atoms with Crippen molar-refractivity contribution in [3.63, 3.8) is 0 Å². The number of thiazole rings is 2. The van der Waals surface area contributed by atoms with Gasteiger partial charge in [-0.1, -0.05) is 22.9 Å². The normalized spacial score (nSPS) is 10.4. The molecule has 8 heteroatoms. The van der Waals surface area contributed by atoms with Crippen molar-refractivity contribution in [3.05, 3.63) is 26.1 Å². The average molecular weight is 304 g/mol. The fourth-order valence-corrected chi connectivity index (χ4v) is 3.06. The van der Waals surface area contributed by atoms with Crippen LogP contribution in [0.25, 0.3) is 0 Å². The molecular weight excluding hydrogens is 294 g/mol. The number of carbonyl (C=O) groups is 1. The number of esters is 1. The molecule has 0 aliphatic heterocycles. The summed E-state index contributed by atoms with van der Waals surface area (Å²) in [5, 5.41) is 4.77. The first-order chi connectivity index (χ1) is 8.60. The minimum absolute atomic E-state index is 0.157. The van der Waals surface area contributed by atoms with Crippen molar-refractivity contribution >= 4 is 45.4 Å². The molecule has 0 unspecified atom stereocenters. The lowest BCUT2D eigenvalue weighted by atomic mass is 10.6. The van der Waals surface area contributed by atoms with E-state index in [-0.39, 0.29) is 5.15 Å². The molecule has 0 atom stereocenters. The largest absolute Gasteiger partial charge is 0.465 e. The van der Waals surface area contributed by atoms with Crippen LogP contribution >= 0.6 is 34.3 Å². The Morgan fingerprint density at radius 2 is 2.33 bits per heavy atom. The second-order valence-electron chi connectivity index (χ2n) is 3.35. The van der Waals surface area contributed by atoms with Crippen molar-refractivity contribution in [2.45, 2.75) is 13.5 Å². The van der Waals surface area contributed by atoms with E-state index in [2.05, 4.69) is 20.0 Å². The number of methoxy groups -OCH3 is 1. The van der Waals surface area contributed by atoms with Gasteiger partial charge in [0.1, 0.15) is 5.01 Å². The molecule has 2 aromatic heterocycles. The molecule has 0 spiro atoms. The number of halogens is 1. The number of nitrogens with one attached hydrogen (secondary N) is 1. The highest BCUT2D eigenvalue weighted by Gasteiger charge is 2.17. The summed E-state index contributed by atoms with van der Waals surface area (Å²) in [6.07, 6.45) is 1.82. The predicted molar refractivity (Wildman–Crippen MR) is 72.6 cm³/mol. The molecule has 0 aliphatic rings. The standard InChI is InChI=1S/C10H10ClN3O2S2/c1-5-3-12-6(17-5)4-13-10-14-8(11)7(18-10)9(15)16-2/h3H,4H2,1-2H3,(H,13,14). The highest BCUT2D eigenvalue weighted by atomic mass is 35.5. The topological polar surface area (TPSA) is 64.1 Å². The van der Waals surface area contributed by atoms with Crippen molar-refractivity contribution in [1.82, 2.24) is 9.97 Å². The van der Waals surface area contributed by atoms with Gasteiger partial charge in [-0.05, 0) is 6.92 Å². The number of aromatic nitrogens is 2. The third-order valence-electron chi connectivity index (χ3n) is 2.02. The van der Waals surface area contributed by atoms with Crippen LogP contribution in [0.15, 0.2) is 6.20 Å². The molecule has 0 radical (unpaired) electrons. The van der Waals surface area contributed by atoms with E-state index in [0.717, 1.165) is 9.88 Å². The number of hydrogen-bond acceptors (Lipinski definition) is 7. The summed E-state index contributed by atoms with van der Waals surface area (Å²) in [4.78, 5) is 21.1. The van der Waals surface area contributed by atoms with Gasteiger partial charge < -0.3 is 10.1 Å². The van der Waals surface area contributed by atoms with Crippen LogP contribution in [-0.2, 0) is 11.3 Å². The molecule has 2 aromatic rings. The maximum atomic E-state index is 11.4. The Morgan fingerprint density at radius 1 is 1.56 bits per heavy atom. The highest BCUT2D eigenvalue weighted by Crippen LogP contribution is 2.28. The molecule has 0 saturated carbocycles. The minimum atomic E-state index is -0.476. The van der Waals surface area contributed by atoms with Crippen molar-refractivity contribution in [2.24, 2.45) is 0 Å². The van der Waals surface area contributed by atoms with Crippen LogP contribution in [0.4, 0.5) is 5.13 Å². The van der Waals surface area contributed by atoms with Gasteiger partial charge >= 0.3 is 5.97 Å². The second-order valence-corrected chi connectivity index (χ2v) is 6.03. The van der Waals surface area contributed by atoms with E-state index in [4.69, 9.17) is 11.6 Å². The number of ether oxygens (including phenoxy) is 1. The Morgan fingerprint density at radius 3 is 2.94 bits per heavy atom. The Labute approximate surface area is 117 Å². The fraction of sp³-hybridized carbons (Fsp3) is 0.300. The fourth-order valence-electron chi connectivity index (χ4n) is 1.23. The Kier molecular flexibility index (Phi) is 4.15. The van der Waals surface area contributed by atoms with E-state index in [1.54, 1.807) is 11.3 Å². The van der Waals surface area contributed by atoms with Gasteiger partial charge in [0.05, 0.1) is 13.7 Å². The van der Waals surface area contributed by atoms with Gasteiger partial charge in [-0.25, -0.2) is 14.8 Å². The summed E-state index contributed by atoms with van der Waals surface area (Å²) < 4.78 is 4.61. The second kappa shape index (κ2) is 5.64. The van der Waals surface area contributed by atoms with Crippen LogP contribution in [0.1, 0.15) is 19.6 Å². The number of anilines is 1. The zero-order chi connectivity index (χ0) is 13.1. The van der Waals surface area contributed by atoms with Gasteiger partial charge in [-0.15, -0.1) is 11.3 Å². The molecule has 0 bridgehead atoms. The molecule has 5 nitrogen and oxygen atoms in total. The lowest BCUT2D eigenvalue weighted by Crippen LogP contribution is -1.98. The van der Waals surface area contributed by atoms with Crippen molar-refractivity contribution in [3.8, 4) is 0 Å². The Balaban J connectivity index is 2.04. The summed E-state index contributed by atoms with van der Waals surface area (Å²) in [5.41, 5.74) is 0. The van der Waals surface area contributed by atoms with Gasteiger partial charge in [0, 0.05) is 11.1 Å². The highest BCUT2D eigenvalue weighted by molar-refractivity contribution is 7.18. The van der Waals surface area contributed by atoms with Crippen LogP contribution < -0.4 is 5.32 Å². The van der Waals surface area contributed by atoms with Crippen molar-refractivity contribution < 1.29 is 9.53 Å². The van der Waals surface area contributed by atoms with E-state index < -0.39 is 5.97 Å². The first kappa shape index (κ1) is 13.3. The van der Waals surface area contributed by atoms with Crippen LogP contribution in [0.3, 0.4) is 0 Å². The summed E-state index contributed by atoms with van der Waals surface area (Å²) in [6, 6.07) is 0. The molecular formula is C10H10ClN3O2S2. The molecule has 0 aromatic carbocycles. The average Bonchev–Trinajstić information content (AvgIpc) is 2.92. The molecule has 0 aliphatic carbocycles. The molecule has 2 rings (SSSR count). The third kappa shape index (κ3) is 2.98. The lowest BCUT2D eigenvalue weighted by molar-refractivity contribution is 0.0606. The van der Waals surface area contributed by atoms with E-state index >= 15 is 0 Å². The quantitative estimate of drug-likeness (QED) is 0.880. The van der Waals surface area contributed by atoms with E-state index in [1.807, 2.05) is 13.1 Å². The molecule has 96 valence electrons. The molecule has 0 amide bonds. The summed E-state index contributed by atoms with van der Waals surface area (Å²) in [5.74, 6) is -0.476. The van der Waals surface area contributed by atoms with Crippen LogP contribution in [0.5, 0.6) is 0 Å². The maximum Gasteiger partial charge on any atom is 0.351 e. The van der Waals surface area contributed by atoms with Crippen molar-refractivity contribution in [2.75, 3.05) is 12.4 Å². The summed E-state index contributed by atoms with van der Waals surface area (Å²) in [7, 11) is 1.31. The van der Waals surface area contributed by atoms with Gasteiger partial charge in [0.2, 0.25) is 0 Å². The molecule has 0 fully saturated rings. The smallest absolute Gasteiger partial charge is 0.351 e. The molecule has 18 heavy (non-hydrogen) atoms. The number of aryl methyl sites for hydroxylation is 1. The zero-order valence-corrected chi connectivity index (χ0v) is 12.1. The Hall–Kier alpha value is -1.18. The predicted octanol–water partition coefficient (Wildman–Crippen LogP) is 2.96. The van der Waals surface area contributed by atoms with Crippen molar-refractivity contribution in [1.29, 1.82) is 0 Å². The lowest BCUT2D eigenvalue weighted by Gasteiger charge is -1.97. The van der Waals surface area contributed by atoms with E-state index in [9.17, 15) is 4.79 Å². The SMILES string of the molecule is COC(=O)c1sc(NCc2ncc(C)s2)nc1Cl. The molecule has 0 saturated heterocycles. The van der Waals surface area contributed by atoms with Gasteiger partial charge in [-0.3, -0.25) is 0 Å². The number of hydrogen-bond donors (Lipinski definition) is 1. The zero-order valence-electron chi connectivity index (χ0n) is 9.69. The number of carbonyl (C=O) groups excluding carboxylic acids is 1. The number of rotatable bonds is 4. The van der Waals surface area contributed by atoms with Gasteiger partial charge in [0.25, 0.3) is 0 Å². The van der Waals surface area contributed by atoms with E-state index in [1.165, 1.54) is 18.4 Å². The maximum absolute atomic E-state index is 11.4. The third-order valence-corrected chi connectivity index (χ3v) is 4.31. The van der Waals surface area contributed by atoms with Crippen LogP contribution in [0.2, 0.25) is 5.15 Å². The summed E-state index contributed by atoms with van der Waals surface area (Å²) >= 11 is 8.62. The van der Waals surface area contributed by atoms with E-state index in [0.29, 0.717) is 16.6 Å². The van der Waals surface area contributed by atoms with Crippen LogP contribution in [-0.4, -0.2) is 23.0 Å². The summed E-state index contributed by atoms with van der Waals surface area (Å²) in [6.45, 7) is 2.56. The molecule has 2 heterocycles. The first-order valence-electron chi connectivity index (χ1n) is 5.00. The monoisotopic (exact) mass is 303 g/mol. The molecule has 1 N–H and O–H groups in total. The van der Waals surface area contributed by atoms with Gasteiger partial charge in [-0.2, -0.15) is 0 Å². The van der Waals surface area contributed by atoms with Crippen LogP contribution in [0, 0.1) is 6.92 Å². The minimum Gasteiger partial charge on any atom is -0.465 e. The van der Waals surface area contributed by atoms with Gasteiger partial charge in [0.15, 0.2) is 15.2 Å². The Bertz CT molecular complexity index is 567. The first-order valence-corrected chi connectivity index (χ1v) is 7.01. The number of nitrogens with zero attached hydrogens (tertiary/aromatic N) is 2.